The number of aromatic hydroxyl groups is 1. The van der Waals surface area contributed by atoms with Gasteiger partial charge in [-0.1, -0.05) is 5.16 Å². The molecule has 0 amide bonds. The molecule has 3 heterocycles. The zero-order valence-electron chi connectivity index (χ0n) is 9.74. The first kappa shape index (κ1) is 11.2. The van der Waals surface area contributed by atoms with Gasteiger partial charge in [0.1, 0.15) is 5.75 Å². The molecule has 0 aliphatic carbocycles. The maximum absolute atomic E-state index is 9.65. The van der Waals surface area contributed by atoms with Crippen LogP contribution in [-0.4, -0.2) is 33.4 Å². The number of aromatic nitrogens is 3. The van der Waals surface area contributed by atoms with Crippen LogP contribution in [0.2, 0.25) is 0 Å². The van der Waals surface area contributed by atoms with Crippen molar-refractivity contribution in [3.05, 3.63) is 24.2 Å². The van der Waals surface area contributed by atoms with E-state index in [0.29, 0.717) is 17.4 Å². The Labute approximate surface area is 104 Å². The zero-order valence-corrected chi connectivity index (χ0v) is 9.74. The third-order valence-electron chi connectivity index (χ3n) is 2.95. The zero-order chi connectivity index (χ0) is 12.4. The van der Waals surface area contributed by atoms with Crippen LogP contribution in [0, 0.1) is 5.92 Å². The molecule has 6 nitrogen and oxygen atoms in total. The molecule has 18 heavy (non-hydrogen) atoms. The first-order chi connectivity index (χ1) is 8.83. The number of hydrogen-bond acceptors (Lipinski definition) is 6. The van der Waals surface area contributed by atoms with Crippen LogP contribution in [0.3, 0.4) is 0 Å². The summed E-state index contributed by atoms with van der Waals surface area (Å²) in [5.41, 5.74) is 0.318. The Balaban J connectivity index is 1.79. The number of nitrogens with zero attached hydrogens (tertiary/aromatic N) is 3. The SMILES string of the molecule is Oc1cccnc1-c1nc(CC2CCOC2)no1. The minimum Gasteiger partial charge on any atom is -0.505 e. The average Bonchev–Trinajstić information content (AvgIpc) is 3.02. The van der Waals surface area contributed by atoms with E-state index in [2.05, 4.69) is 15.1 Å². The molecule has 0 radical (unpaired) electrons. The maximum atomic E-state index is 9.65. The Kier molecular flexibility index (Phi) is 2.93. The van der Waals surface area contributed by atoms with Crippen LogP contribution in [0.15, 0.2) is 22.9 Å². The molecule has 1 aliphatic rings. The van der Waals surface area contributed by atoms with Gasteiger partial charge >= 0.3 is 0 Å². The molecule has 0 bridgehead atoms. The van der Waals surface area contributed by atoms with Gasteiger partial charge < -0.3 is 14.4 Å². The van der Waals surface area contributed by atoms with E-state index in [1.165, 1.54) is 6.07 Å². The minimum atomic E-state index is 0.0388. The third-order valence-corrected chi connectivity index (χ3v) is 2.95. The second-order valence-electron chi connectivity index (χ2n) is 4.32. The summed E-state index contributed by atoms with van der Waals surface area (Å²) in [6.45, 7) is 1.55. The molecule has 1 unspecified atom stereocenters. The van der Waals surface area contributed by atoms with Crippen molar-refractivity contribution in [2.24, 2.45) is 5.92 Å². The first-order valence-electron chi connectivity index (χ1n) is 5.87. The molecule has 1 N–H and O–H groups in total. The monoisotopic (exact) mass is 247 g/mol. The Morgan fingerprint density at radius 1 is 1.44 bits per heavy atom. The van der Waals surface area contributed by atoms with Gasteiger partial charge in [-0.05, 0) is 24.5 Å². The fourth-order valence-electron chi connectivity index (χ4n) is 2.00. The normalized spacial score (nSPS) is 19.2. The molecule has 94 valence electrons. The molecule has 0 aromatic carbocycles. The summed E-state index contributed by atoms with van der Waals surface area (Å²) in [6.07, 6.45) is 3.33. The minimum absolute atomic E-state index is 0.0388. The van der Waals surface area contributed by atoms with Crippen molar-refractivity contribution < 1.29 is 14.4 Å². The van der Waals surface area contributed by atoms with Gasteiger partial charge in [-0.3, -0.25) is 0 Å². The first-order valence-corrected chi connectivity index (χ1v) is 5.87. The van der Waals surface area contributed by atoms with Gasteiger partial charge in [-0.2, -0.15) is 4.98 Å². The van der Waals surface area contributed by atoms with E-state index in [1.807, 2.05) is 0 Å². The van der Waals surface area contributed by atoms with Crippen LogP contribution in [0.4, 0.5) is 0 Å². The Bertz CT molecular complexity index is 535. The quantitative estimate of drug-likeness (QED) is 0.883. The lowest BCUT2D eigenvalue weighted by atomic mass is 10.1. The molecule has 0 spiro atoms. The standard InChI is InChI=1S/C12H13N3O3/c16-9-2-1-4-13-11(9)12-14-10(15-18-12)6-8-3-5-17-7-8/h1-2,4,8,16H,3,5-7H2. The van der Waals surface area contributed by atoms with Crippen LogP contribution in [0.5, 0.6) is 5.75 Å². The lowest BCUT2D eigenvalue weighted by molar-refractivity contribution is 0.185. The van der Waals surface area contributed by atoms with Crippen molar-refractivity contribution in [2.45, 2.75) is 12.8 Å². The predicted octanol–water partition coefficient (Wildman–Crippen LogP) is 1.42. The van der Waals surface area contributed by atoms with E-state index in [0.717, 1.165) is 26.1 Å². The van der Waals surface area contributed by atoms with Crippen molar-refractivity contribution in [3.8, 4) is 17.3 Å². The van der Waals surface area contributed by atoms with Crippen molar-refractivity contribution >= 4 is 0 Å². The van der Waals surface area contributed by atoms with Gasteiger partial charge in [0.25, 0.3) is 5.89 Å². The van der Waals surface area contributed by atoms with Gasteiger partial charge in [-0.25, -0.2) is 4.98 Å². The molecule has 1 fully saturated rings. The fourth-order valence-corrected chi connectivity index (χ4v) is 2.00. The van der Waals surface area contributed by atoms with Crippen LogP contribution >= 0.6 is 0 Å². The molecular formula is C12H13N3O3. The highest BCUT2D eigenvalue weighted by Gasteiger charge is 2.20. The summed E-state index contributed by atoms with van der Waals surface area (Å²) in [5, 5.41) is 13.6. The van der Waals surface area contributed by atoms with Gasteiger partial charge in [0.2, 0.25) is 0 Å². The van der Waals surface area contributed by atoms with Crippen molar-refractivity contribution in [3.63, 3.8) is 0 Å². The number of pyridine rings is 1. The van der Waals surface area contributed by atoms with Crippen molar-refractivity contribution in [1.82, 2.24) is 15.1 Å². The summed E-state index contributed by atoms with van der Waals surface area (Å²) >= 11 is 0. The number of hydrogen-bond donors (Lipinski definition) is 1. The van der Waals surface area contributed by atoms with E-state index in [9.17, 15) is 5.11 Å². The molecule has 1 atom stereocenters. The molecule has 1 aliphatic heterocycles. The Morgan fingerprint density at radius 3 is 3.17 bits per heavy atom. The van der Waals surface area contributed by atoms with Crippen LogP contribution < -0.4 is 0 Å². The highest BCUT2D eigenvalue weighted by molar-refractivity contribution is 5.55. The van der Waals surface area contributed by atoms with Gasteiger partial charge in [0.15, 0.2) is 11.5 Å². The van der Waals surface area contributed by atoms with Crippen LogP contribution in [-0.2, 0) is 11.2 Å². The predicted molar refractivity (Wildman–Crippen MR) is 61.8 cm³/mol. The molecule has 1 saturated heterocycles. The van der Waals surface area contributed by atoms with E-state index in [4.69, 9.17) is 9.26 Å². The highest BCUT2D eigenvalue weighted by Crippen LogP contribution is 2.25. The summed E-state index contributed by atoms with van der Waals surface area (Å²) in [7, 11) is 0. The highest BCUT2D eigenvalue weighted by atomic mass is 16.5. The third kappa shape index (κ3) is 2.19. The van der Waals surface area contributed by atoms with Crippen LogP contribution in [0.1, 0.15) is 12.2 Å². The fraction of sp³-hybridized carbons (Fsp3) is 0.417. The molecular weight excluding hydrogens is 234 g/mol. The van der Waals surface area contributed by atoms with Crippen molar-refractivity contribution in [1.29, 1.82) is 0 Å². The summed E-state index contributed by atoms with van der Waals surface area (Å²) in [6, 6.07) is 3.18. The van der Waals surface area contributed by atoms with E-state index in [-0.39, 0.29) is 11.6 Å². The maximum Gasteiger partial charge on any atom is 0.280 e. The Morgan fingerprint density at radius 2 is 2.39 bits per heavy atom. The summed E-state index contributed by atoms with van der Waals surface area (Å²) < 4.78 is 10.4. The van der Waals surface area contributed by atoms with Crippen molar-refractivity contribution in [2.75, 3.05) is 13.2 Å². The number of rotatable bonds is 3. The summed E-state index contributed by atoms with van der Waals surface area (Å²) in [4.78, 5) is 8.27. The molecule has 2 aromatic heterocycles. The van der Waals surface area contributed by atoms with Gasteiger partial charge in [0, 0.05) is 25.8 Å². The van der Waals surface area contributed by atoms with Gasteiger partial charge in [-0.15, -0.1) is 0 Å². The van der Waals surface area contributed by atoms with E-state index < -0.39 is 0 Å². The topological polar surface area (TPSA) is 81.3 Å². The van der Waals surface area contributed by atoms with Crippen LogP contribution in [0.25, 0.3) is 11.6 Å². The number of ether oxygens (including phenoxy) is 1. The molecule has 0 saturated carbocycles. The molecule has 2 aromatic rings. The lowest BCUT2D eigenvalue weighted by Gasteiger charge is -2.01. The summed E-state index contributed by atoms with van der Waals surface area (Å²) in [5.74, 6) is 1.37. The molecule has 3 rings (SSSR count). The second kappa shape index (κ2) is 4.73. The lowest BCUT2D eigenvalue weighted by Crippen LogP contribution is -2.04. The smallest absolute Gasteiger partial charge is 0.280 e. The second-order valence-corrected chi connectivity index (χ2v) is 4.32. The largest absolute Gasteiger partial charge is 0.505 e. The average molecular weight is 247 g/mol. The van der Waals surface area contributed by atoms with Gasteiger partial charge in [0.05, 0.1) is 0 Å². The van der Waals surface area contributed by atoms with E-state index >= 15 is 0 Å². The molecule has 6 heteroatoms. The van der Waals surface area contributed by atoms with E-state index in [1.54, 1.807) is 12.3 Å². The Hall–Kier alpha value is -1.95.